The largest absolute Gasteiger partial charge is 0.399 e. The zero-order chi connectivity index (χ0) is 15.6. The lowest BCUT2D eigenvalue weighted by Crippen LogP contribution is -2.43. The van der Waals surface area contributed by atoms with E-state index in [2.05, 4.69) is 4.90 Å². The van der Waals surface area contributed by atoms with Crippen LogP contribution >= 0.6 is 0 Å². The first-order valence-electron chi connectivity index (χ1n) is 7.11. The van der Waals surface area contributed by atoms with Gasteiger partial charge in [0.1, 0.15) is 5.82 Å². The Morgan fingerprint density at radius 1 is 1.33 bits per heavy atom. The molecule has 0 spiro atoms. The molecule has 2 rings (SSSR count). The normalized spacial score (nSPS) is 22.1. The van der Waals surface area contributed by atoms with Gasteiger partial charge in [-0.15, -0.1) is 0 Å². The summed E-state index contributed by atoms with van der Waals surface area (Å²) in [6.45, 7) is 3.95. The third-order valence-electron chi connectivity index (χ3n) is 3.82. The number of anilines is 1. The molecule has 0 radical (unpaired) electrons. The van der Waals surface area contributed by atoms with Gasteiger partial charge in [0.2, 0.25) is 10.0 Å². The van der Waals surface area contributed by atoms with E-state index in [0.29, 0.717) is 19.5 Å². The van der Waals surface area contributed by atoms with Crippen LogP contribution in [0.4, 0.5) is 10.1 Å². The summed E-state index contributed by atoms with van der Waals surface area (Å²) in [4.78, 5) is 2.06. The highest BCUT2D eigenvalue weighted by Gasteiger charge is 2.33. The van der Waals surface area contributed by atoms with E-state index in [4.69, 9.17) is 5.73 Å². The summed E-state index contributed by atoms with van der Waals surface area (Å²) >= 11 is 0. The molecule has 1 aromatic rings. The first-order valence-corrected chi connectivity index (χ1v) is 8.55. The summed E-state index contributed by atoms with van der Waals surface area (Å²) < 4.78 is 40.6. The lowest BCUT2D eigenvalue weighted by molar-refractivity contribution is 0.270. The minimum atomic E-state index is -3.73. The van der Waals surface area contributed by atoms with Crippen LogP contribution in [0.1, 0.15) is 19.8 Å². The van der Waals surface area contributed by atoms with E-state index < -0.39 is 15.8 Å². The smallest absolute Gasteiger partial charge is 0.243 e. The van der Waals surface area contributed by atoms with Crippen LogP contribution in [0.5, 0.6) is 0 Å². The Morgan fingerprint density at radius 3 is 2.67 bits per heavy atom. The Morgan fingerprint density at radius 2 is 2.05 bits per heavy atom. The van der Waals surface area contributed by atoms with Crippen LogP contribution in [0.15, 0.2) is 23.1 Å². The summed E-state index contributed by atoms with van der Waals surface area (Å²) in [6.07, 6.45) is 1.48. The van der Waals surface area contributed by atoms with E-state index in [1.165, 1.54) is 10.4 Å². The highest BCUT2D eigenvalue weighted by molar-refractivity contribution is 7.89. The van der Waals surface area contributed by atoms with Crippen LogP contribution < -0.4 is 5.73 Å². The van der Waals surface area contributed by atoms with Gasteiger partial charge >= 0.3 is 0 Å². The van der Waals surface area contributed by atoms with Crippen molar-refractivity contribution < 1.29 is 12.8 Å². The molecule has 2 N–H and O–H groups in total. The third-order valence-corrected chi connectivity index (χ3v) is 5.75. The average molecular weight is 315 g/mol. The molecule has 1 atom stereocenters. The predicted octanol–water partition coefficient (Wildman–Crippen LogP) is 1.51. The minimum absolute atomic E-state index is 0.0667. The highest BCUT2D eigenvalue weighted by Crippen LogP contribution is 2.24. The Bertz CT molecular complexity index is 586. The van der Waals surface area contributed by atoms with Gasteiger partial charge in [-0.25, -0.2) is 12.8 Å². The molecule has 0 amide bonds. The summed E-state index contributed by atoms with van der Waals surface area (Å²) in [6, 6.07) is 3.37. The van der Waals surface area contributed by atoms with Gasteiger partial charge in [-0.1, -0.05) is 6.92 Å². The molecular weight excluding hydrogens is 293 g/mol. The number of sulfonamides is 1. The molecule has 1 aliphatic rings. The Balaban J connectivity index is 2.40. The van der Waals surface area contributed by atoms with Gasteiger partial charge < -0.3 is 10.6 Å². The van der Waals surface area contributed by atoms with Crippen molar-refractivity contribution in [2.45, 2.75) is 30.7 Å². The molecule has 1 aromatic carbocycles. The van der Waals surface area contributed by atoms with Crippen molar-refractivity contribution in [1.29, 1.82) is 0 Å². The quantitative estimate of drug-likeness (QED) is 0.859. The van der Waals surface area contributed by atoms with Crippen molar-refractivity contribution in [3.8, 4) is 0 Å². The third kappa shape index (κ3) is 3.53. The molecule has 7 heteroatoms. The molecule has 0 aliphatic carbocycles. The first-order chi connectivity index (χ1) is 9.84. The summed E-state index contributed by atoms with van der Waals surface area (Å²) in [5.41, 5.74) is 5.69. The molecule has 1 saturated heterocycles. The monoisotopic (exact) mass is 315 g/mol. The molecule has 5 nitrogen and oxygen atoms in total. The summed E-state index contributed by atoms with van der Waals surface area (Å²) in [5, 5.41) is 0. The molecule has 0 aromatic heterocycles. The SMILES string of the molecule is CCC1CN(C)CCCN1S(=O)(=O)c1cc(N)cc(F)c1. The maximum Gasteiger partial charge on any atom is 0.243 e. The summed E-state index contributed by atoms with van der Waals surface area (Å²) in [5.74, 6) is -0.631. The van der Waals surface area contributed by atoms with E-state index in [9.17, 15) is 12.8 Å². The van der Waals surface area contributed by atoms with Gasteiger partial charge in [0.15, 0.2) is 0 Å². The van der Waals surface area contributed by atoms with Gasteiger partial charge in [0.05, 0.1) is 4.90 Å². The number of halogens is 1. The molecule has 1 unspecified atom stereocenters. The molecule has 1 heterocycles. The number of hydrogen-bond acceptors (Lipinski definition) is 4. The topological polar surface area (TPSA) is 66.6 Å². The van der Waals surface area contributed by atoms with Crippen molar-refractivity contribution in [3.63, 3.8) is 0 Å². The van der Waals surface area contributed by atoms with Gasteiger partial charge in [0.25, 0.3) is 0 Å². The van der Waals surface area contributed by atoms with Crippen LogP contribution in [0.3, 0.4) is 0 Å². The molecule has 0 saturated carbocycles. The maximum absolute atomic E-state index is 13.5. The van der Waals surface area contributed by atoms with E-state index in [1.54, 1.807) is 0 Å². The van der Waals surface area contributed by atoms with Gasteiger partial charge in [-0.2, -0.15) is 4.31 Å². The zero-order valence-corrected chi connectivity index (χ0v) is 13.2. The first kappa shape index (κ1) is 16.2. The molecule has 1 fully saturated rings. The number of benzene rings is 1. The van der Waals surface area contributed by atoms with Crippen molar-refractivity contribution in [2.24, 2.45) is 0 Å². The van der Waals surface area contributed by atoms with E-state index >= 15 is 0 Å². The van der Waals surface area contributed by atoms with Crippen LogP contribution in [0.2, 0.25) is 0 Å². The average Bonchev–Trinajstić information content (AvgIpc) is 2.59. The number of likely N-dealkylation sites (N-methyl/N-ethyl adjacent to an activating group) is 1. The van der Waals surface area contributed by atoms with Crippen LogP contribution in [-0.2, 0) is 10.0 Å². The van der Waals surface area contributed by atoms with Crippen LogP contribution in [-0.4, -0.2) is 50.3 Å². The molecular formula is C14H22FN3O2S. The zero-order valence-electron chi connectivity index (χ0n) is 12.4. The van der Waals surface area contributed by atoms with E-state index in [1.807, 2.05) is 14.0 Å². The van der Waals surface area contributed by atoms with E-state index in [-0.39, 0.29) is 16.6 Å². The number of nitrogen functional groups attached to an aromatic ring is 1. The van der Waals surface area contributed by atoms with Gasteiger partial charge in [-0.3, -0.25) is 0 Å². The number of hydrogen-bond donors (Lipinski definition) is 1. The summed E-state index contributed by atoms with van der Waals surface area (Å²) in [7, 11) is -1.74. The highest BCUT2D eigenvalue weighted by atomic mass is 32.2. The molecule has 118 valence electrons. The van der Waals surface area contributed by atoms with Crippen molar-refractivity contribution in [1.82, 2.24) is 9.21 Å². The number of nitrogens with two attached hydrogens (primary N) is 1. The number of nitrogens with zero attached hydrogens (tertiary/aromatic N) is 2. The second-order valence-corrected chi connectivity index (χ2v) is 7.40. The van der Waals surface area contributed by atoms with Gasteiger partial charge in [-0.05, 0) is 44.6 Å². The fourth-order valence-corrected chi connectivity index (χ4v) is 4.53. The lowest BCUT2D eigenvalue weighted by atomic mass is 10.2. The van der Waals surface area contributed by atoms with E-state index in [0.717, 1.165) is 25.1 Å². The van der Waals surface area contributed by atoms with Crippen LogP contribution in [0, 0.1) is 5.82 Å². The standard InChI is InChI=1S/C14H22FN3O2S/c1-3-13-10-17(2)5-4-6-18(13)21(19,20)14-8-11(15)7-12(16)9-14/h7-9,13H,3-6,10,16H2,1-2H3. The second-order valence-electron chi connectivity index (χ2n) is 5.51. The van der Waals surface area contributed by atoms with Crippen molar-refractivity contribution in [3.05, 3.63) is 24.0 Å². The Labute approximate surface area is 125 Å². The van der Waals surface area contributed by atoms with Crippen molar-refractivity contribution in [2.75, 3.05) is 32.4 Å². The fraction of sp³-hybridized carbons (Fsp3) is 0.571. The predicted molar refractivity (Wildman–Crippen MR) is 80.9 cm³/mol. The maximum atomic E-state index is 13.5. The molecule has 0 bridgehead atoms. The van der Waals surface area contributed by atoms with Crippen LogP contribution in [0.25, 0.3) is 0 Å². The number of rotatable bonds is 3. The molecule has 21 heavy (non-hydrogen) atoms. The minimum Gasteiger partial charge on any atom is -0.399 e. The van der Waals surface area contributed by atoms with Gasteiger partial charge in [0, 0.05) is 24.8 Å². The second kappa shape index (κ2) is 6.29. The Kier molecular flexibility index (Phi) is 4.85. The fourth-order valence-electron chi connectivity index (χ4n) is 2.74. The Hall–Kier alpha value is -1.18. The lowest BCUT2D eigenvalue weighted by Gasteiger charge is -2.29. The van der Waals surface area contributed by atoms with Crippen molar-refractivity contribution >= 4 is 15.7 Å². The molecule has 1 aliphatic heterocycles.